The maximum absolute atomic E-state index is 12.8. The van der Waals surface area contributed by atoms with Gasteiger partial charge in [-0.25, -0.2) is 8.42 Å². The number of hydrogen-bond donors (Lipinski definition) is 3. The van der Waals surface area contributed by atoms with Crippen LogP contribution < -0.4 is 10.0 Å². The summed E-state index contributed by atoms with van der Waals surface area (Å²) in [7, 11) is -3.74. The third kappa shape index (κ3) is 4.44. The van der Waals surface area contributed by atoms with Gasteiger partial charge in [0.15, 0.2) is 5.78 Å². The first-order valence-electron chi connectivity index (χ1n) is 9.44. The molecule has 0 saturated carbocycles. The van der Waals surface area contributed by atoms with E-state index >= 15 is 0 Å². The minimum atomic E-state index is -3.74. The smallest absolute Gasteiger partial charge is 0.272 e. The molecule has 0 radical (unpaired) electrons. The normalized spacial score (nSPS) is 11.2. The second kappa shape index (κ2) is 8.54. The van der Waals surface area contributed by atoms with Gasteiger partial charge in [-0.1, -0.05) is 31.2 Å². The summed E-state index contributed by atoms with van der Waals surface area (Å²) >= 11 is 0. The van der Waals surface area contributed by atoms with E-state index in [1.54, 1.807) is 43.3 Å². The van der Waals surface area contributed by atoms with Crippen molar-refractivity contribution in [2.45, 2.75) is 32.1 Å². The second-order valence-corrected chi connectivity index (χ2v) is 8.52. The van der Waals surface area contributed by atoms with Crippen molar-refractivity contribution in [2.75, 3.05) is 10.0 Å². The quantitative estimate of drug-likeness (QED) is 0.494. The molecule has 0 aliphatic carbocycles. The number of aryl methyl sites for hydroxylation is 1. The number of aromatic amines is 1. The van der Waals surface area contributed by atoms with Crippen molar-refractivity contribution in [1.82, 2.24) is 4.98 Å². The maximum atomic E-state index is 12.8. The summed E-state index contributed by atoms with van der Waals surface area (Å²) in [6.45, 7) is 5.11. The Morgan fingerprint density at radius 3 is 2.30 bits per heavy atom. The highest BCUT2D eigenvalue weighted by molar-refractivity contribution is 7.92. The topological polar surface area (TPSA) is 108 Å². The van der Waals surface area contributed by atoms with Crippen LogP contribution in [0.25, 0.3) is 0 Å². The van der Waals surface area contributed by atoms with E-state index < -0.39 is 15.9 Å². The Morgan fingerprint density at radius 2 is 1.67 bits per heavy atom. The molecule has 8 heteroatoms. The summed E-state index contributed by atoms with van der Waals surface area (Å²) in [5.74, 6) is -0.498. The number of carbonyl (C=O) groups is 2. The highest BCUT2D eigenvalue weighted by Gasteiger charge is 2.22. The van der Waals surface area contributed by atoms with Gasteiger partial charge >= 0.3 is 0 Å². The zero-order valence-electron chi connectivity index (χ0n) is 16.9. The molecule has 30 heavy (non-hydrogen) atoms. The third-order valence-electron chi connectivity index (χ3n) is 4.65. The molecule has 1 amide bonds. The number of aromatic nitrogens is 1. The summed E-state index contributed by atoms with van der Waals surface area (Å²) in [5, 5.41) is 2.76. The Labute approximate surface area is 175 Å². The molecule has 0 unspecified atom stereocenters. The number of nitrogens with one attached hydrogen (secondary N) is 3. The fourth-order valence-corrected chi connectivity index (χ4v) is 4.44. The number of amides is 1. The zero-order chi connectivity index (χ0) is 21.9. The van der Waals surface area contributed by atoms with Gasteiger partial charge in [-0.15, -0.1) is 0 Å². The molecule has 7 nitrogen and oxygen atoms in total. The second-order valence-electron chi connectivity index (χ2n) is 6.84. The molecule has 3 aromatic rings. The molecule has 0 bridgehead atoms. The fourth-order valence-electron chi connectivity index (χ4n) is 3.37. The summed E-state index contributed by atoms with van der Waals surface area (Å²) in [5.41, 5.74) is 2.92. The zero-order valence-corrected chi connectivity index (χ0v) is 17.8. The highest BCUT2D eigenvalue weighted by atomic mass is 32.2. The van der Waals surface area contributed by atoms with Gasteiger partial charge in [-0.3, -0.25) is 14.3 Å². The lowest BCUT2D eigenvalue weighted by Crippen LogP contribution is -2.16. The number of Topliss-reactive ketones (excluding diaryl/α,β-unsaturated/α-hetero) is 1. The Balaban J connectivity index is 1.83. The number of H-pyrrole nitrogens is 1. The molecule has 3 rings (SSSR count). The van der Waals surface area contributed by atoms with Crippen LogP contribution in [0.2, 0.25) is 0 Å². The van der Waals surface area contributed by atoms with Crippen molar-refractivity contribution in [1.29, 1.82) is 0 Å². The molecule has 3 N–H and O–H groups in total. The van der Waals surface area contributed by atoms with Crippen LogP contribution in [0.1, 0.15) is 46.0 Å². The molecule has 0 atom stereocenters. The lowest BCUT2D eigenvalue weighted by molar-refractivity contribution is 0.101. The molecule has 0 aliphatic rings. The highest BCUT2D eigenvalue weighted by Crippen LogP contribution is 2.23. The van der Waals surface area contributed by atoms with E-state index in [1.165, 1.54) is 25.1 Å². The van der Waals surface area contributed by atoms with Crippen LogP contribution in [0.3, 0.4) is 0 Å². The minimum Gasteiger partial charge on any atom is -0.354 e. The largest absolute Gasteiger partial charge is 0.354 e. The predicted molar refractivity (Wildman–Crippen MR) is 117 cm³/mol. The summed E-state index contributed by atoms with van der Waals surface area (Å²) < 4.78 is 27.5. The Hall–Kier alpha value is -3.39. The molecule has 0 fully saturated rings. The van der Waals surface area contributed by atoms with Crippen LogP contribution in [0.5, 0.6) is 0 Å². The first-order chi connectivity index (χ1) is 14.2. The molecule has 0 saturated heterocycles. The van der Waals surface area contributed by atoms with Crippen LogP contribution in [0, 0.1) is 6.92 Å². The predicted octanol–water partition coefficient (Wildman–Crippen LogP) is 4.14. The lowest BCUT2D eigenvalue weighted by Gasteiger charge is -2.11. The number of carbonyl (C=O) groups excluding carboxylic acids is 2. The first kappa shape index (κ1) is 21.3. The third-order valence-corrected chi connectivity index (χ3v) is 6.05. The molecule has 0 spiro atoms. The average molecular weight is 426 g/mol. The summed E-state index contributed by atoms with van der Waals surface area (Å²) in [6.07, 6.45) is 0.527. The minimum absolute atomic E-state index is 0.100. The number of rotatable bonds is 7. The SMILES string of the molecule is CCc1c(C(=O)Nc2cccc(NS(=O)(=O)c3ccccc3)c2)[nH]c(C)c1C(C)=O. The van der Waals surface area contributed by atoms with E-state index in [0.29, 0.717) is 40.3 Å². The van der Waals surface area contributed by atoms with Gasteiger partial charge in [0.25, 0.3) is 15.9 Å². The van der Waals surface area contributed by atoms with Crippen molar-refractivity contribution < 1.29 is 18.0 Å². The average Bonchev–Trinajstić information content (AvgIpc) is 3.05. The number of hydrogen-bond acceptors (Lipinski definition) is 4. The van der Waals surface area contributed by atoms with E-state index in [2.05, 4.69) is 15.0 Å². The fraction of sp³-hybridized carbons (Fsp3) is 0.182. The summed E-state index contributed by atoms with van der Waals surface area (Å²) in [4.78, 5) is 27.9. The van der Waals surface area contributed by atoms with Crippen molar-refractivity contribution in [2.24, 2.45) is 0 Å². The van der Waals surface area contributed by atoms with Crippen molar-refractivity contribution in [3.05, 3.63) is 77.1 Å². The number of anilines is 2. The Kier molecular flexibility index (Phi) is 6.07. The number of ketones is 1. The van der Waals surface area contributed by atoms with Gasteiger partial charge in [0.2, 0.25) is 0 Å². The van der Waals surface area contributed by atoms with Crippen molar-refractivity contribution in [3.8, 4) is 0 Å². The molecular formula is C22H23N3O4S. The first-order valence-corrected chi connectivity index (χ1v) is 10.9. The van der Waals surface area contributed by atoms with Gasteiger partial charge < -0.3 is 10.3 Å². The lowest BCUT2D eigenvalue weighted by atomic mass is 10.0. The molecule has 1 aromatic heterocycles. The molecule has 1 heterocycles. The van der Waals surface area contributed by atoms with Crippen LogP contribution in [0.15, 0.2) is 59.5 Å². The molecule has 2 aromatic carbocycles. The Bertz CT molecular complexity index is 1200. The van der Waals surface area contributed by atoms with E-state index in [1.807, 2.05) is 6.92 Å². The monoisotopic (exact) mass is 425 g/mol. The van der Waals surface area contributed by atoms with Crippen LogP contribution in [-0.4, -0.2) is 25.1 Å². The molecular weight excluding hydrogens is 402 g/mol. The maximum Gasteiger partial charge on any atom is 0.272 e. The van der Waals surface area contributed by atoms with Crippen molar-refractivity contribution in [3.63, 3.8) is 0 Å². The van der Waals surface area contributed by atoms with E-state index in [4.69, 9.17) is 0 Å². The van der Waals surface area contributed by atoms with E-state index in [9.17, 15) is 18.0 Å². The van der Waals surface area contributed by atoms with E-state index in [0.717, 1.165) is 0 Å². The van der Waals surface area contributed by atoms with Crippen LogP contribution in [0.4, 0.5) is 11.4 Å². The van der Waals surface area contributed by atoms with Crippen LogP contribution in [-0.2, 0) is 16.4 Å². The molecule has 156 valence electrons. The van der Waals surface area contributed by atoms with Crippen LogP contribution >= 0.6 is 0 Å². The van der Waals surface area contributed by atoms with Gasteiger partial charge in [0, 0.05) is 16.9 Å². The number of benzene rings is 2. The van der Waals surface area contributed by atoms with Gasteiger partial charge in [-0.05, 0) is 56.2 Å². The Morgan fingerprint density at radius 1 is 1.00 bits per heavy atom. The van der Waals surface area contributed by atoms with Gasteiger partial charge in [0.1, 0.15) is 5.69 Å². The van der Waals surface area contributed by atoms with E-state index in [-0.39, 0.29) is 10.7 Å². The number of sulfonamides is 1. The van der Waals surface area contributed by atoms with Crippen molar-refractivity contribution >= 4 is 33.1 Å². The summed E-state index contributed by atoms with van der Waals surface area (Å²) in [6, 6.07) is 14.5. The standard InChI is InChI=1S/C22H23N3O4S/c1-4-19-20(15(3)26)14(2)23-21(19)22(27)24-16-9-8-10-17(13-16)25-30(28,29)18-11-6-5-7-12-18/h5-13,23,25H,4H2,1-3H3,(H,24,27). The van der Waals surface area contributed by atoms with Gasteiger partial charge in [0.05, 0.1) is 10.6 Å². The van der Waals surface area contributed by atoms with Gasteiger partial charge in [-0.2, -0.15) is 0 Å². The molecule has 0 aliphatic heterocycles.